The topological polar surface area (TPSA) is 116 Å². The molecule has 3 aromatic heterocycles. The van der Waals surface area contributed by atoms with Gasteiger partial charge in [-0.1, -0.05) is 0 Å². The summed E-state index contributed by atoms with van der Waals surface area (Å²) in [6.45, 7) is 6.76. The van der Waals surface area contributed by atoms with Gasteiger partial charge in [0.05, 0.1) is 18.1 Å². The van der Waals surface area contributed by atoms with Gasteiger partial charge in [0.2, 0.25) is 11.8 Å². The van der Waals surface area contributed by atoms with Gasteiger partial charge in [0, 0.05) is 38.8 Å². The minimum absolute atomic E-state index is 0.194. The standard InChI is InChI=1S/C19H22N8O2/c1-12-13(2)29-19(14(12)8-20)24-16(28)10-26-4-6-27(7-5-26)18-15-9-23-25(3)17(15)21-11-22-18/h9,11H,4-7,10H2,1-3H3,(H,24,28). The molecule has 29 heavy (non-hydrogen) atoms. The molecule has 0 aromatic carbocycles. The lowest BCUT2D eigenvalue weighted by atomic mass is 10.2. The van der Waals surface area contributed by atoms with E-state index in [4.69, 9.17) is 4.42 Å². The molecule has 1 aliphatic rings. The summed E-state index contributed by atoms with van der Waals surface area (Å²) >= 11 is 0. The summed E-state index contributed by atoms with van der Waals surface area (Å²) in [5.74, 6) is 1.54. The van der Waals surface area contributed by atoms with Gasteiger partial charge >= 0.3 is 0 Å². The molecule has 4 heterocycles. The third-order valence-electron chi connectivity index (χ3n) is 5.30. The number of fused-ring (bicyclic) bond motifs is 1. The van der Waals surface area contributed by atoms with E-state index >= 15 is 0 Å². The molecule has 4 rings (SSSR count). The number of hydrogen-bond donors (Lipinski definition) is 1. The molecule has 0 atom stereocenters. The molecule has 1 fully saturated rings. The Morgan fingerprint density at radius 2 is 2.03 bits per heavy atom. The predicted molar refractivity (Wildman–Crippen MR) is 106 cm³/mol. The molecule has 0 saturated carbocycles. The molecule has 10 nitrogen and oxygen atoms in total. The van der Waals surface area contributed by atoms with E-state index in [1.807, 2.05) is 7.05 Å². The molecule has 1 saturated heterocycles. The molecule has 0 aliphatic carbocycles. The van der Waals surface area contributed by atoms with Crippen molar-refractivity contribution in [2.75, 3.05) is 42.9 Å². The lowest BCUT2D eigenvalue weighted by Crippen LogP contribution is -2.49. The van der Waals surface area contributed by atoms with Crippen molar-refractivity contribution in [2.24, 2.45) is 7.05 Å². The molecule has 0 unspecified atom stereocenters. The Morgan fingerprint density at radius 3 is 2.76 bits per heavy atom. The van der Waals surface area contributed by atoms with E-state index in [1.54, 1.807) is 31.1 Å². The highest BCUT2D eigenvalue weighted by atomic mass is 16.4. The van der Waals surface area contributed by atoms with Crippen LogP contribution in [0.1, 0.15) is 16.9 Å². The first-order valence-electron chi connectivity index (χ1n) is 9.38. The number of nitriles is 1. The largest absolute Gasteiger partial charge is 0.444 e. The summed E-state index contributed by atoms with van der Waals surface area (Å²) in [4.78, 5) is 25.4. The Morgan fingerprint density at radius 1 is 1.28 bits per heavy atom. The van der Waals surface area contributed by atoms with Gasteiger partial charge in [0.1, 0.15) is 29.5 Å². The number of furan rings is 1. The summed E-state index contributed by atoms with van der Waals surface area (Å²) in [5, 5.41) is 17.2. The van der Waals surface area contributed by atoms with Crippen molar-refractivity contribution in [1.29, 1.82) is 5.26 Å². The van der Waals surface area contributed by atoms with Gasteiger partial charge in [0.25, 0.3) is 0 Å². The van der Waals surface area contributed by atoms with Crippen LogP contribution >= 0.6 is 0 Å². The van der Waals surface area contributed by atoms with Gasteiger partial charge in [-0.05, 0) is 13.8 Å². The number of rotatable bonds is 4. The molecular formula is C19H22N8O2. The molecule has 3 aromatic rings. The van der Waals surface area contributed by atoms with E-state index in [0.717, 1.165) is 48.6 Å². The number of piperazine rings is 1. The average molecular weight is 394 g/mol. The number of anilines is 2. The number of amides is 1. The maximum Gasteiger partial charge on any atom is 0.240 e. The Balaban J connectivity index is 1.37. The zero-order valence-corrected chi connectivity index (χ0v) is 16.6. The summed E-state index contributed by atoms with van der Waals surface area (Å²) in [6.07, 6.45) is 3.34. The van der Waals surface area contributed by atoms with Crippen molar-refractivity contribution in [1.82, 2.24) is 24.6 Å². The zero-order chi connectivity index (χ0) is 20.5. The van der Waals surface area contributed by atoms with Gasteiger partial charge in [-0.25, -0.2) is 9.97 Å². The SMILES string of the molecule is Cc1oc(NC(=O)CN2CCN(c3ncnc4c3cnn4C)CC2)c(C#N)c1C. The number of aromatic nitrogens is 4. The second-order valence-electron chi connectivity index (χ2n) is 7.11. The van der Waals surface area contributed by atoms with Crippen molar-refractivity contribution >= 4 is 28.6 Å². The van der Waals surface area contributed by atoms with Gasteiger partial charge in [-0.2, -0.15) is 10.4 Å². The third-order valence-corrected chi connectivity index (χ3v) is 5.30. The summed E-state index contributed by atoms with van der Waals surface area (Å²) in [7, 11) is 1.86. The van der Waals surface area contributed by atoms with Crippen LogP contribution in [0.3, 0.4) is 0 Å². The van der Waals surface area contributed by atoms with E-state index in [-0.39, 0.29) is 18.3 Å². The van der Waals surface area contributed by atoms with Gasteiger partial charge in [-0.15, -0.1) is 0 Å². The quantitative estimate of drug-likeness (QED) is 0.702. The predicted octanol–water partition coefficient (Wildman–Crippen LogP) is 1.21. The number of nitrogens with one attached hydrogen (secondary N) is 1. The van der Waals surface area contributed by atoms with E-state index in [0.29, 0.717) is 11.3 Å². The highest BCUT2D eigenvalue weighted by Crippen LogP contribution is 2.26. The maximum absolute atomic E-state index is 12.4. The fraction of sp³-hybridized carbons (Fsp3) is 0.421. The number of carbonyl (C=O) groups excluding carboxylic acids is 1. The van der Waals surface area contributed by atoms with E-state index in [1.165, 1.54) is 0 Å². The van der Waals surface area contributed by atoms with Crippen LogP contribution in [0.15, 0.2) is 16.9 Å². The first kappa shape index (κ1) is 18.9. The van der Waals surface area contributed by atoms with Crippen LogP contribution in [0.5, 0.6) is 0 Å². The monoisotopic (exact) mass is 394 g/mol. The van der Waals surface area contributed by atoms with Crippen LogP contribution in [-0.2, 0) is 11.8 Å². The van der Waals surface area contributed by atoms with Crippen LogP contribution in [0, 0.1) is 25.2 Å². The third kappa shape index (κ3) is 3.52. The molecule has 1 amide bonds. The molecule has 1 aliphatic heterocycles. The summed E-state index contributed by atoms with van der Waals surface area (Å²) in [6, 6.07) is 2.09. The highest BCUT2D eigenvalue weighted by molar-refractivity contribution is 5.92. The lowest BCUT2D eigenvalue weighted by Gasteiger charge is -2.35. The molecule has 10 heteroatoms. The molecular weight excluding hydrogens is 372 g/mol. The van der Waals surface area contributed by atoms with Crippen LogP contribution in [-0.4, -0.2) is 63.3 Å². The number of carbonyl (C=O) groups is 1. The highest BCUT2D eigenvalue weighted by Gasteiger charge is 2.23. The Bertz CT molecular complexity index is 1100. The number of nitrogens with zero attached hydrogens (tertiary/aromatic N) is 7. The molecule has 0 spiro atoms. The lowest BCUT2D eigenvalue weighted by molar-refractivity contribution is -0.117. The van der Waals surface area contributed by atoms with Crippen molar-refractivity contribution in [3.8, 4) is 6.07 Å². The fourth-order valence-electron chi connectivity index (χ4n) is 3.54. The average Bonchev–Trinajstić information content (AvgIpc) is 3.22. The van der Waals surface area contributed by atoms with E-state index < -0.39 is 0 Å². The van der Waals surface area contributed by atoms with Crippen molar-refractivity contribution < 1.29 is 9.21 Å². The van der Waals surface area contributed by atoms with E-state index in [2.05, 4.69) is 36.3 Å². The second kappa shape index (κ2) is 7.52. The molecule has 0 radical (unpaired) electrons. The smallest absolute Gasteiger partial charge is 0.240 e. The summed E-state index contributed by atoms with van der Waals surface area (Å²) in [5.41, 5.74) is 1.93. The van der Waals surface area contributed by atoms with Crippen LogP contribution in [0.2, 0.25) is 0 Å². The molecule has 0 bridgehead atoms. The van der Waals surface area contributed by atoms with E-state index in [9.17, 15) is 10.1 Å². The molecule has 150 valence electrons. The van der Waals surface area contributed by atoms with Crippen molar-refractivity contribution in [3.05, 3.63) is 29.4 Å². The normalized spacial score (nSPS) is 14.9. The Labute approximate surface area is 167 Å². The Kier molecular flexibility index (Phi) is 4.90. The van der Waals surface area contributed by atoms with Crippen molar-refractivity contribution in [2.45, 2.75) is 13.8 Å². The zero-order valence-electron chi connectivity index (χ0n) is 16.6. The molecule has 1 N–H and O–H groups in total. The Hall–Kier alpha value is -3.45. The van der Waals surface area contributed by atoms with Crippen LogP contribution in [0.4, 0.5) is 11.7 Å². The maximum atomic E-state index is 12.4. The van der Waals surface area contributed by atoms with Gasteiger partial charge < -0.3 is 9.32 Å². The first-order chi connectivity index (χ1) is 14.0. The fourth-order valence-corrected chi connectivity index (χ4v) is 3.54. The minimum atomic E-state index is -0.194. The summed E-state index contributed by atoms with van der Waals surface area (Å²) < 4.78 is 7.24. The first-order valence-corrected chi connectivity index (χ1v) is 9.38. The van der Waals surface area contributed by atoms with Gasteiger partial charge in [-0.3, -0.25) is 19.7 Å². The van der Waals surface area contributed by atoms with Crippen LogP contribution < -0.4 is 10.2 Å². The van der Waals surface area contributed by atoms with Gasteiger partial charge in [0.15, 0.2) is 5.65 Å². The number of aryl methyl sites for hydroxylation is 2. The minimum Gasteiger partial charge on any atom is -0.444 e. The van der Waals surface area contributed by atoms with Crippen molar-refractivity contribution in [3.63, 3.8) is 0 Å². The van der Waals surface area contributed by atoms with Crippen LogP contribution in [0.25, 0.3) is 11.0 Å². The number of hydrogen-bond acceptors (Lipinski definition) is 8. The second-order valence-corrected chi connectivity index (χ2v) is 7.11.